The minimum atomic E-state index is -2.61. The van der Waals surface area contributed by atoms with Crippen molar-refractivity contribution in [1.82, 2.24) is 0 Å². The van der Waals surface area contributed by atoms with Crippen LogP contribution in [0.1, 0.15) is 51.3 Å². The largest absolute Gasteiger partial charge is 0.505 e. The Kier molecular flexibility index (Phi) is 6.94. The molecule has 2 aliphatic rings. The van der Waals surface area contributed by atoms with Crippen molar-refractivity contribution in [2.75, 3.05) is 21.3 Å². The van der Waals surface area contributed by atoms with Crippen molar-refractivity contribution in [3.05, 3.63) is 61.1 Å². The van der Waals surface area contributed by atoms with E-state index in [1.54, 1.807) is 39.0 Å². The normalized spacial score (nSPS) is 20.7. The maximum atomic E-state index is 14.5. The van der Waals surface area contributed by atoms with Crippen LogP contribution < -0.4 is 14.2 Å². The molecule has 0 heterocycles. The minimum Gasteiger partial charge on any atom is -0.505 e. The molecule has 0 unspecified atom stereocenters. The van der Waals surface area contributed by atoms with Gasteiger partial charge in [0.1, 0.15) is 28.0 Å². The number of rotatable bonds is 4. The molecule has 8 nitrogen and oxygen atoms in total. The van der Waals surface area contributed by atoms with Gasteiger partial charge in [0.25, 0.3) is 0 Å². The van der Waals surface area contributed by atoms with E-state index >= 15 is 0 Å². The SMILES string of the molecule is COc1cc2c(c(-c3c(OC)cc(OC)c(Cl)c3C)c1)C(=O)[C@@]1(O)C(=O)c3c(O)c(Cl)c(O)c(Cl)c3C(C)(C)[C@H]1C2. The van der Waals surface area contributed by atoms with Crippen molar-refractivity contribution in [2.45, 2.75) is 38.2 Å². The van der Waals surface area contributed by atoms with Crippen molar-refractivity contribution < 1.29 is 39.1 Å². The fourth-order valence-electron chi connectivity index (χ4n) is 6.41. The Morgan fingerprint density at radius 3 is 2.00 bits per heavy atom. The standard InChI is InChI=1S/C30H27Cl3O8/c1-11-18(15(40-5)10-16(41-6)22(11)31)14-9-13(39-4)7-12-8-17-29(2,3)21-20(25(34)24(33)26(35)23(21)32)28(37)30(17,38)27(36)19(12)14/h7,9-10,17,34-35,38H,8H2,1-6H3/t17-,30-/m1/s1. The molecular weight excluding hydrogens is 595 g/mol. The summed E-state index contributed by atoms with van der Waals surface area (Å²) in [6.07, 6.45) is 0.0473. The van der Waals surface area contributed by atoms with Gasteiger partial charge in [0.2, 0.25) is 11.6 Å². The molecule has 0 aromatic heterocycles. The first-order chi connectivity index (χ1) is 19.2. The number of benzene rings is 3. The second kappa shape index (κ2) is 9.70. The van der Waals surface area contributed by atoms with E-state index in [9.17, 15) is 24.9 Å². The quantitative estimate of drug-likeness (QED) is 0.289. The monoisotopic (exact) mass is 620 g/mol. The molecule has 0 spiro atoms. The Hall–Kier alpha value is -3.17. The molecule has 0 amide bonds. The molecule has 0 aliphatic heterocycles. The number of methoxy groups -OCH3 is 3. The Bertz CT molecular complexity index is 1680. The molecule has 5 rings (SSSR count). The highest BCUT2D eigenvalue weighted by Crippen LogP contribution is 2.59. The van der Waals surface area contributed by atoms with Crippen molar-refractivity contribution in [3.8, 4) is 39.9 Å². The summed E-state index contributed by atoms with van der Waals surface area (Å²) in [5.41, 5.74) is -2.21. The molecule has 2 atom stereocenters. The van der Waals surface area contributed by atoms with Crippen LogP contribution in [-0.2, 0) is 11.8 Å². The third-order valence-electron chi connectivity index (χ3n) is 8.49. The molecule has 41 heavy (non-hydrogen) atoms. The fraction of sp³-hybridized carbons (Fsp3) is 0.333. The molecule has 2 aliphatic carbocycles. The van der Waals surface area contributed by atoms with E-state index in [1.807, 2.05) is 0 Å². The molecule has 0 bridgehead atoms. The Morgan fingerprint density at radius 2 is 1.41 bits per heavy atom. The first-order valence-corrected chi connectivity index (χ1v) is 13.7. The number of ether oxygens (including phenoxy) is 3. The Labute approximate surface area is 251 Å². The molecular formula is C30H27Cl3O8. The second-order valence-corrected chi connectivity index (χ2v) is 11.9. The van der Waals surface area contributed by atoms with E-state index in [2.05, 4.69) is 0 Å². The molecule has 11 heteroatoms. The fourth-order valence-corrected chi connectivity index (χ4v) is 7.30. The molecule has 3 aromatic carbocycles. The number of hydrogen-bond donors (Lipinski definition) is 3. The highest BCUT2D eigenvalue weighted by molar-refractivity contribution is 6.40. The van der Waals surface area contributed by atoms with E-state index in [1.165, 1.54) is 21.3 Å². The number of ketones is 2. The van der Waals surface area contributed by atoms with Crippen LogP contribution in [0.3, 0.4) is 0 Å². The van der Waals surface area contributed by atoms with Gasteiger partial charge in [-0.25, -0.2) is 0 Å². The molecule has 0 saturated carbocycles. The summed E-state index contributed by atoms with van der Waals surface area (Å²) in [7, 11) is 4.41. The van der Waals surface area contributed by atoms with Crippen LogP contribution in [0.15, 0.2) is 18.2 Å². The van der Waals surface area contributed by atoms with Crippen LogP contribution in [0.4, 0.5) is 0 Å². The number of carbonyl (C=O) groups excluding carboxylic acids is 2. The van der Waals surface area contributed by atoms with Gasteiger partial charge < -0.3 is 29.5 Å². The van der Waals surface area contributed by atoms with Crippen LogP contribution in [0.5, 0.6) is 28.7 Å². The summed E-state index contributed by atoms with van der Waals surface area (Å²) in [4.78, 5) is 28.6. The maximum Gasteiger partial charge on any atom is 0.206 e. The third kappa shape index (κ3) is 3.77. The summed E-state index contributed by atoms with van der Waals surface area (Å²) in [6.45, 7) is 5.10. The van der Waals surface area contributed by atoms with Crippen LogP contribution >= 0.6 is 34.8 Å². The second-order valence-electron chi connectivity index (χ2n) is 10.8. The number of hydrogen-bond acceptors (Lipinski definition) is 8. The van der Waals surface area contributed by atoms with Gasteiger partial charge in [0.05, 0.1) is 36.9 Å². The number of fused-ring (bicyclic) bond motifs is 3. The zero-order valence-corrected chi connectivity index (χ0v) is 25.3. The summed E-state index contributed by atoms with van der Waals surface area (Å²) in [5, 5.41) is 33.1. The Morgan fingerprint density at radius 1 is 0.805 bits per heavy atom. The number of phenolic OH excluding ortho intramolecular Hbond substituents is 2. The average molecular weight is 622 g/mol. The first kappa shape index (κ1) is 29.3. The van der Waals surface area contributed by atoms with Crippen molar-refractivity contribution >= 4 is 46.4 Å². The van der Waals surface area contributed by atoms with Crippen molar-refractivity contribution in [1.29, 1.82) is 0 Å². The van der Waals surface area contributed by atoms with Gasteiger partial charge in [0, 0.05) is 28.7 Å². The molecule has 0 saturated heterocycles. The van der Waals surface area contributed by atoms with E-state index in [4.69, 9.17) is 49.0 Å². The molecule has 0 radical (unpaired) electrons. The average Bonchev–Trinajstić information content (AvgIpc) is 2.94. The Balaban J connectivity index is 1.86. The van der Waals surface area contributed by atoms with E-state index in [-0.39, 0.29) is 27.6 Å². The zero-order valence-electron chi connectivity index (χ0n) is 23.0. The van der Waals surface area contributed by atoms with Crippen LogP contribution in [0, 0.1) is 12.8 Å². The van der Waals surface area contributed by atoms with Crippen LogP contribution in [0.2, 0.25) is 15.1 Å². The van der Waals surface area contributed by atoms with Gasteiger partial charge in [-0.2, -0.15) is 0 Å². The molecule has 0 fully saturated rings. The van der Waals surface area contributed by atoms with Gasteiger partial charge >= 0.3 is 0 Å². The number of phenols is 2. The third-order valence-corrected chi connectivity index (χ3v) is 9.68. The summed E-state index contributed by atoms with van der Waals surface area (Å²) in [5.74, 6) is -3.21. The topological polar surface area (TPSA) is 123 Å². The van der Waals surface area contributed by atoms with Gasteiger partial charge in [-0.15, -0.1) is 0 Å². The molecule has 3 aromatic rings. The molecule has 216 valence electrons. The highest BCUT2D eigenvalue weighted by Gasteiger charge is 2.64. The number of aliphatic hydroxyl groups is 1. The van der Waals surface area contributed by atoms with Gasteiger partial charge in [-0.3, -0.25) is 9.59 Å². The lowest BCUT2D eigenvalue weighted by molar-refractivity contribution is -0.0202. The highest BCUT2D eigenvalue weighted by atomic mass is 35.5. The molecule has 3 N–H and O–H groups in total. The van der Waals surface area contributed by atoms with Crippen LogP contribution in [0.25, 0.3) is 11.1 Å². The zero-order chi connectivity index (χ0) is 30.3. The predicted octanol–water partition coefficient (Wildman–Crippen LogP) is 6.32. The number of halogens is 3. The van der Waals surface area contributed by atoms with E-state index in [0.29, 0.717) is 39.5 Å². The number of carbonyl (C=O) groups is 2. The smallest absolute Gasteiger partial charge is 0.206 e. The van der Waals surface area contributed by atoms with Gasteiger partial charge in [0.15, 0.2) is 11.4 Å². The summed E-state index contributed by atoms with van der Waals surface area (Å²) in [6, 6.07) is 4.88. The number of Topliss-reactive ketones (excluding diaryl/α,β-unsaturated/α-hetero) is 2. The summed E-state index contributed by atoms with van der Waals surface area (Å²) >= 11 is 19.2. The van der Waals surface area contributed by atoms with E-state index in [0.717, 1.165) is 0 Å². The lowest BCUT2D eigenvalue weighted by Crippen LogP contribution is -2.64. The summed E-state index contributed by atoms with van der Waals surface area (Å²) < 4.78 is 16.6. The van der Waals surface area contributed by atoms with Gasteiger partial charge in [-0.05, 0) is 47.6 Å². The predicted molar refractivity (Wildman–Crippen MR) is 155 cm³/mol. The van der Waals surface area contributed by atoms with Gasteiger partial charge in [-0.1, -0.05) is 48.7 Å². The lowest BCUT2D eigenvalue weighted by atomic mass is 9.52. The van der Waals surface area contributed by atoms with Crippen molar-refractivity contribution in [2.24, 2.45) is 5.92 Å². The van der Waals surface area contributed by atoms with E-state index < -0.39 is 50.6 Å². The minimum absolute atomic E-state index is 0.0473. The number of aromatic hydroxyl groups is 2. The van der Waals surface area contributed by atoms with Crippen molar-refractivity contribution in [3.63, 3.8) is 0 Å². The van der Waals surface area contributed by atoms with Crippen LogP contribution in [-0.4, -0.2) is 53.8 Å². The lowest BCUT2D eigenvalue weighted by Gasteiger charge is -2.51. The maximum absolute atomic E-state index is 14.5. The first-order valence-electron chi connectivity index (χ1n) is 12.6.